The van der Waals surface area contributed by atoms with Crippen molar-refractivity contribution in [1.29, 1.82) is 0 Å². The second-order valence-electron chi connectivity index (χ2n) is 11.6. The largest absolute Gasteiger partial charge is 0.465 e. The number of carbonyl (C=O) groups is 5. The van der Waals surface area contributed by atoms with E-state index in [1.807, 2.05) is 48.5 Å². The van der Waals surface area contributed by atoms with Crippen LogP contribution in [0.2, 0.25) is 0 Å². The topological polar surface area (TPSA) is 119 Å². The van der Waals surface area contributed by atoms with Crippen LogP contribution in [-0.2, 0) is 28.7 Å². The van der Waals surface area contributed by atoms with Gasteiger partial charge in [0.25, 0.3) is 5.91 Å². The van der Waals surface area contributed by atoms with Gasteiger partial charge in [0.15, 0.2) is 5.78 Å². The second kappa shape index (κ2) is 13.6. The molecule has 1 heterocycles. The van der Waals surface area contributed by atoms with Gasteiger partial charge in [-0.2, -0.15) is 0 Å². The van der Waals surface area contributed by atoms with Gasteiger partial charge in [0.1, 0.15) is 0 Å². The SMILES string of the molecule is CC(C)CC(CC(=O)OCC(C)(C)C)C(=O)NC(CC(C)C)C(=O)CC1CCCNC(=O)C1=O. The quantitative estimate of drug-likeness (QED) is 0.327. The molecule has 1 saturated heterocycles. The van der Waals surface area contributed by atoms with Crippen molar-refractivity contribution in [3.8, 4) is 0 Å². The Morgan fingerprint density at radius 3 is 2.24 bits per heavy atom. The lowest BCUT2D eigenvalue weighted by Gasteiger charge is -2.25. The van der Waals surface area contributed by atoms with E-state index in [4.69, 9.17) is 4.74 Å². The van der Waals surface area contributed by atoms with Crippen LogP contribution < -0.4 is 10.6 Å². The van der Waals surface area contributed by atoms with Crippen LogP contribution in [0.3, 0.4) is 0 Å². The van der Waals surface area contributed by atoms with Gasteiger partial charge in [0.05, 0.1) is 19.1 Å². The molecule has 0 saturated carbocycles. The first-order chi connectivity index (χ1) is 15.7. The molecule has 0 aromatic carbocycles. The molecule has 1 rings (SSSR count). The molecule has 34 heavy (non-hydrogen) atoms. The summed E-state index contributed by atoms with van der Waals surface area (Å²) in [6, 6.07) is -0.771. The van der Waals surface area contributed by atoms with Gasteiger partial charge in [-0.1, -0.05) is 48.5 Å². The standard InChI is InChI=1S/C26H44N2O6/c1-16(2)11-19(14-22(30)34-15-26(5,6)7)24(32)28-20(12-17(3)4)21(29)13-18-9-8-10-27-25(33)23(18)31/h16-20H,8-15H2,1-7H3,(H,27,33)(H,28,32). The van der Waals surface area contributed by atoms with Crippen molar-refractivity contribution >= 4 is 29.4 Å². The number of nitrogens with one attached hydrogen (secondary N) is 2. The van der Waals surface area contributed by atoms with E-state index in [0.29, 0.717) is 32.2 Å². The highest BCUT2D eigenvalue weighted by Crippen LogP contribution is 2.22. The maximum absolute atomic E-state index is 13.2. The normalized spacial score (nSPS) is 18.8. The third-order valence-corrected chi connectivity index (χ3v) is 5.68. The molecule has 1 aliphatic heterocycles. The Balaban J connectivity index is 2.91. The minimum atomic E-state index is -0.771. The summed E-state index contributed by atoms with van der Waals surface area (Å²) in [6.45, 7) is 14.4. The van der Waals surface area contributed by atoms with Gasteiger partial charge in [-0.05, 0) is 42.9 Å². The summed E-state index contributed by atoms with van der Waals surface area (Å²) in [5.74, 6) is -3.24. The lowest BCUT2D eigenvalue weighted by atomic mass is 9.88. The molecule has 0 bridgehead atoms. The van der Waals surface area contributed by atoms with Crippen molar-refractivity contribution in [2.45, 2.75) is 93.0 Å². The molecule has 0 radical (unpaired) electrons. The smallest absolute Gasteiger partial charge is 0.306 e. The number of amides is 2. The van der Waals surface area contributed by atoms with E-state index in [-0.39, 0.29) is 48.4 Å². The molecule has 2 amide bonds. The number of hydrogen-bond acceptors (Lipinski definition) is 6. The molecule has 0 aromatic heterocycles. The van der Waals surface area contributed by atoms with Gasteiger partial charge in [-0.25, -0.2) is 0 Å². The zero-order valence-corrected chi connectivity index (χ0v) is 22.0. The zero-order chi connectivity index (χ0) is 26.1. The van der Waals surface area contributed by atoms with Crippen molar-refractivity contribution in [2.24, 2.45) is 29.1 Å². The van der Waals surface area contributed by atoms with Crippen LogP contribution in [-0.4, -0.2) is 48.5 Å². The predicted molar refractivity (Wildman–Crippen MR) is 130 cm³/mol. The monoisotopic (exact) mass is 480 g/mol. The highest BCUT2D eigenvalue weighted by molar-refractivity contribution is 6.37. The summed E-state index contributed by atoms with van der Waals surface area (Å²) in [6.07, 6.45) is 1.86. The zero-order valence-electron chi connectivity index (χ0n) is 22.0. The fourth-order valence-corrected chi connectivity index (χ4v) is 3.97. The van der Waals surface area contributed by atoms with Crippen LogP contribution in [0.25, 0.3) is 0 Å². The number of esters is 1. The lowest BCUT2D eigenvalue weighted by Crippen LogP contribution is -2.46. The Kier molecular flexibility index (Phi) is 11.9. The molecule has 3 unspecified atom stereocenters. The summed E-state index contributed by atoms with van der Waals surface area (Å²) in [7, 11) is 0. The van der Waals surface area contributed by atoms with Crippen molar-refractivity contribution in [3.63, 3.8) is 0 Å². The third kappa shape index (κ3) is 11.3. The van der Waals surface area contributed by atoms with Crippen LogP contribution in [0, 0.1) is 29.1 Å². The minimum Gasteiger partial charge on any atom is -0.465 e. The summed E-state index contributed by atoms with van der Waals surface area (Å²) in [4.78, 5) is 62.9. The fraction of sp³-hybridized carbons (Fsp3) is 0.808. The maximum atomic E-state index is 13.2. The van der Waals surface area contributed by atoms with E-state index in [0.717, 1.165) is 0 Å². The van der Waals surface area contributed by atoms with Crippen LogP contribution >= 0.6 is 0 Å². The Hall–Kier alpha value is -2.25. The van der Waals surface area contributed by atoms with Crippen LogP contribution in [0.1, 0.15) is 87.0 Å². The highest BCUT2D eigenvalue weighted by atomic mass is 16.5. The number of carbonyl (C=O) groups excluding carboxylic acids is 5. The first-order valence-corrected chi connectivity index (χ1v) is 12.5. The van der Waals surface area contributed by atoms with Gasteiger partial charge in [-0.15, -0.1) is 0 Å². The first kappa shape index (κ1) is 29.8. The fourth-order valence-electron chi connectivity index (χ4n) is 3.97. The van der Waals surface area contributed by atoms with E-state index in [1.165, 1.54) is 0 Å². The number of ketones is 2. The van der Waals surface area contributed by atoms with Crippen LogP contribution in [0.15, 0.2) is 0 Å². The lowest BCUT2D eigenvalue weighted by molar-refractivity contribution is -0.149. The van der Waals surface area contributed by atoms with Gasteiger partial charge in [0, 0.05) is 24.8 Å². The average molecular weight is 481 g/mol. The molecule has 8 nitrogen and oxygen atoms in total. The predicted octanol–water partition coefficient (Wildman–Crippen LogP) is 3.21. The Bertz CT molecular complexity index is 738. The van der Waals surface area contributed by atoms with E-state index < -0.39 is 35.5 Å². The van der Waals surface area contributed by atoms with Crippen LogP contribution in [0.5, 0.6) is 0 Å². The number of hydrogen-bond donors (Lipinski definition) is 2. The molecule has 1 aliphatic rings. The average Bonchev–Trinajstić information content (AvgIpc) is 2.85. The van der Waals surface area contributed by atoms with Gasteiger partial charge < -0.3 is 15.4 Å². The van der Waals surface area contributed by atoms with Crippen molar-refractivity contribution in [2.75, 3.05) is 13.2 Å². The maximum Gasteiger partial charge on any atom is 0.306 e. The summed E-state index contributed by atoms with van der Waals surface area (Å²) in [5, 5.41) is 5.40. The van der Waals surface area contributed by atoms with E-state index in [2.05, 4.69) is 10.6 Å². The summed E-state index contributed by atoms with van der Waals surface area (Å²) < 4.78 is 5.36. The molecule has 3 atom stereocenters. The number of ether oxygens (including phenoxy) is 1. The molecular weight excluding hydrogens is 436 g/mol. The molecule has 0 aromatic rings. The molecular formula is C26H44N2O6. The number of Topliss-reactive ketones (excluding diaryl/α,β-unsaturated/α-hetero) is 2. The van der Waals surface area contributed by atoms with Gasteiger partial charge in [-0.3, -0.25) is 24.0 Å². The summed E-state index contributed by atoms with van der Waals surface area (Å²) >= 11 is 0. The second-order valence-corrected chi connectivity index (χ2v) is 11.6. The summed E-state index contributed by atoms with van der Waals surface area (Å²) in [5.41, 5.74) is -0.174. The van der Waals surface area contributed by atoms with E-state index >= 15 is 0 Å². The van der Waals surface area contributed by atoms with Crippen molar-refractivity contribution < 1.29 is 28.7 Å². The van der Waals surface area contributed by atoms with Crippen LogP contribution in [0.4, 0.5) is 0 Å². The van der Waals surface area contributed by atoms with Gasteiger partial charge >= 0.3 is 5.97 Å². The highest BCUT2D eigenvalue weighted by Gasteiger charge is 2.34. The Morgan fingerprint density at radius 1 is 1.06 bits per heavy atom. The Labute approximate surface area is 204 Å². The van der Waals surface area contributed by atoms with E-state index in [9.17, 15) is 24.0 Å². The minimum absolute atomic E-state index is 0.0516. The van der Waals surface area contributed by atoms with E-state index in [1.54, 1.807) is 0 Å². The molecule has 8 heteroatoms. The van der Waals surface area contributed by atoms with Gasteiger partial charge in [0.2, 0.25) is 11.7 Å². The molecule has 2 N–H and O–H groups in total. The third-order valence-electron chi connectivity index (χ3n) is 5.68. The first-order valence-electron chi connectivity index (χ1n) is 12.5. The molecule has 1 fully saturated rings. The number of rotatable bonds is 12. The molecule has 0 spiro atoms. The van der Waals surface area contributed by atoms with Crippen molar-refractivity contribution in [1.82, 2.24) is 10.6 Å². The van der Waals surface area contributed by atoms with Crippen molar-refractivity contribution in [3.05, 3.63) is 0 Å². The molecule has 194 valence electrons. The molecule has 0 aliphatic carbocycles. The Morgan fingerprint density at radius 2 is 1.68 bits per heavy atom.